The van der Waals surface area contributed by atoms with Gasteiger partial charge in [0, 0.05) is 11.1 Å². The van der Waals surface area contributed by atoms with Crippen LogP contribution in [0.1, 0.15) is 16.3 Å². The molecule has 1 heterocycles. The molecule has 4 heteroatoms. The van der Waals surface area contributed by atoms with Crippen LogP contribution in [0, 0.1) is 6.92 Å². The Morgan fingerprint density at radius 1 is 1.82 bits per heavy atom. The van der Waals surface area contributed by atoms with Crippen molar-refractivity contribution in [1.82, 2.24) is 4.98 Å². The third-order valence-corrected chi connectivity index (χ3v) is 2.23. The van der Waals surface area contributed by atoms with Crippen LogP contribution in [-0.2, 0) is 11.2 Å². The summed E-state index contributed by atoms with van der Waals surface area (Å²) >= 11 is 1.56. The Labute approximate surface area is 68.7 Å². The Hall–Kier alpha value is -0.900. The molecule has 0 fully saturated rings. The van der Waals surface area contributed by atoms with Gasteiger partial charge in [-0.2, -0.15) is 0 Å². The Balaban J connectivity index is 2.45. The number of aromatic nitrogens is 1. The SMILES string of the molecule is Cc1ncc(CCC(=O)O)s1. The molecular formula is C7H9NO2S. The predicted octanol–water partition coefficient (Wildman–Crippen LogP) is 1.47. The van der Waals surface area contributed by atoms with Crippen molar-refractivity contribution < 1.29 is 9.90 Å². The van der Waals surface area contributed by atoms with E-state index in [1.165, 1.54) is 0 Å². The Kier molecular flexibility index (Phi) is 2.59. The van der Waals surface area contributed by atoms with Gasteiger partial charge < -0.3 is 5.11 Å². The Bertz CT molecular complexity index is 257. The molecule has 0 atom stereocenters. The fraction of sp³-hybridized carbons (Fsp3) is 0.429. The molecule has 0 saturated heterocycles. The van der Waals surface area contributed by atoms with Crippen molar-refractivity contribution in [3.8, 4) is 0 Å². The number of aliphatic carboxylic acids is 1. The van der Waals surface area contributed by atoms with Crippen LogP contribution in [0.5, 0.6) is 0 Å². The van der Waals surface area contributed by atoms with E-state index in [1.807, 2.05) is 6.92 Å². The highest BCUT2D eigenvalue weighted by Gasteiger charge is 2.01. The van der Waals surface area contributed by atoms with Crippen LogP contribution in [0.4, 0.5) is 0 Å². The number of hydrogen-bond donors (Lipinski definition) is 1. The molecule has 0 spiro atoms. The van der Waals surface area contributed by atoms with Gasteiger partial charge in [0.25, 0.3) is 0 Å². The molecule has 60 valence electrons. The van der Waals surface area contributed by atoms with Crippen LogP contribution in [0.2, 0.25) is 0 Å². The van der Waals surface area contributed by atoms with E-state index in [0.717, 1.165) is 9.88 Å². The van der Waals surface area contributed by atoms with E-state index in [9.17, 15) is 4.79 Å². The fourth-order valence-electron chi connectivity index (χ4n) is 0.751. The number of carboxylic acids is 1. The van der Waals surface area contributed by atoms with E-state index in [1.54, 1.807) is 17.5 Å². The zero-order valence-electron chi connectivity index (χ0n) is 6.20. The number of thiazole rings is 1. The van der Waals surface area contributed by atoms with Crippen molar-refractivity contribution in [3.05, 3.63) is 16.1 Å². The molecule has 0 aromatic carbocycles. The van der Waals surface area contributed by atoms with Gasteiger partial charge in [-0.15, -0.1) is 11.3 Å². The summed E-state index contributed by atoms with van der Waals surface area (Å²) in [7, 11) is 0. The maximum Gasteiger partial charge on any atom is 0.303 e. The van der Waals surface area contributed by atoms with Gasteiger partial charge in [0.15, 0.2) is 0 Å². The summed E-state index contributed by atoms with van der Waals surface area (Å²) in [5.41, 5.74) is 0. The summed E-state index contributed by atoms with van der Waals surface area (Å²) in [5, 5.41) is 9.36. The maximum absolute atomic E-state index is 10.2. The first-order valence-corrected chi connectivity index (χ1v) is 4.13. The molecular weight excluding hydrogens is 162 g/mol. The molecule has 1 rings (SSSR count). The van der Waals surface area contributed by atoms with E-state index in [2.05, 4.69) is 4.98 Å². The number of nitrogens with zero attached hydrogens (tertiary/aromatic N) is 1. The summed E-state index contributed by atoms with van der Waals surface area (Å²) in [4.78, 5) is 15.2. The molecule has 0 unspecified atom stereocenters. The molecule has 11 heavy (non-hydrogen) atoms. The largest absolute Gasteiger partial charge is 0.481 e. The molecule has 1 aromatic heterocycles. The number of rotatable bonds is 3. The van der Waals surface area contributed by atoms with Crippen LogP contribution < -0.4 is 0 Å². The molecule has 0 aliphatic carbocycles. The van der Waals surface area contributed by atoms with Crippen molar-refractivity contribution in [2.45, 2.75) is 19.8 Å². The van der Waals surface area contributed by atoms with E-state index < -0.39 is 5.97 Å². The first-order valence-electron chi connectivity index (χ1n) is 3.31. The van der Waals surface area contributed by atoms with Crippen molar-refractivity contribution >= 4 is 17.3 Å². The monoisotopic (exact) mass is 171 g/mol. The van der Waals surface area contributed by atoms with Crippen LogP contribution in [0.15, 0.2) is 6.20 Å². The molecule has 0 bridgehead atoms. The van der Waals surface area contributed by atoms with Crippen LogP contribution in [0.25, 0.3) is 0 Å². The van der Waals surface area contributed by atoms with Gasteiger partial charge in [-0.05, 0) is 13.3 Å². The summed E-state index contributed by atoms with van der Waals surface area (Å²) in [6.07, 6.45) is 2.53. The number of aryl methyl sites for hydroxylation is 2. The summed E-state index contributed by atoms with van der Waals surface area (Å²) in [5.74, 6) is -0.754. The standard InChI is InChI=1S/C7H9NO2S/c1-5-8-4-6(11-5)2-3-7(9)10/h4H,2-3H2,1H3,(H,9,10). The zero-order chi connectivity index (χ0) is 8.27. The van der Waals surface area contributed by atoms with Crippen LogP contribution >= 0.6 is 11.3 Å². The van der Waals surface area contributed by atoms with Gasteiger partial charge in [-0.3, -0.25) is 4.79 Å². The van der Waals surface area contributed by atoms with Gasteiger partial charge in [-0.25, -0.2) is 4.98 Å². The van der Waals surface area contributed by atoms with Gasteiger partial charge in [0.1, 0.15) is 0 Å². The average molecular weight is 171 g/mol. The van der Waals surface area contributed by atoms with Crippen molar-refractivity contribution in [2.75, 3.05) is 0 Å². The minimum Gasteiger partial charge on any atom is -0.481 e. The summed E-state index contributed by atoms with van der Waals surface area (Å²) < 4.78 is 0. The minimum absolute atomic E-state index is 0.196. The maximum atomic E-state index is 10.2. The second-order valence-corrected chi connectivity index (χ2v) is 3.56. The van der Waals surface area contributed by atoms with E-state index in [0.29, 0.717) is 6.42 Å². The fourth-order valence-corrected chi connectivity index (χ4v) is 1.55. The minimum atomic E-state index is -0.754. The zero-order valence-corrected chi connectivity index (χ0v) is 7.02. The second kappa shape index (κ2) is 3.48. The Morgan fingerprint density at radius 3 is 3.00 bits per heavy atom. The molecule has 0 radical (unpaired) electrons. The molecule has 0 aliphatic heterocycles. The average Bonchev–Trinajstić information content (AvgIpc) is 2.31. The quantitative estimate of drug-likeness (QED) is 0.749. The number of carbonyl (C=O) groups is 1. The van der Waals surface area contributed by atoms with Crippen molar-refractivity contribution in [2.24, 2.45) is 0 Å². The van der Waals surface area contributed by atoms with E-state index >= 15 is 0 Å². The molecule has 1 aromatic rings. The molecule has 3 nitrogen and oxygen atoms in total. The van der Waals surface area contributed by atoms with Crippen molar-refractivity contribution in [3.63, 3.8) is 0 Å². The van der Waals surface area contributed by atoms with Gasteiger partial charge in [0.05, 0.1) is 11.4 Å². The predicted molar refractivity (Wildman–Crippen MR) is 42.8 cm³/mol. The van der Waals surface area contributed by atoms with Gasteiger partial charge in [0.2, 0.25) is 0 Å². The molecule has 1 N–H and O–H groups in total. The lowest BCUT2D eigenvalue weighted by atomic mass is 10.3. The highest BCUT2D eigenvalue weighted by Crippen LogP contribution is 2.12. The van der Waals surface area contributed by atoms with Crippen molar-refractivity contribution in [1.29, 1.82) is 0 Å². The summed E-state index contributed by atoms with van der Waals surface area (Å²) in [6.45, 7) is 1.91. The first kappa shape index (κ1) is 8.20. The lowest BCUT2D eigenvalue weighted by Crippen LogP contribution is -1.95. The molecule has 0 amide bonds. The van der Waals surface area contributed by atoms with E-state index in [-0.39, 0.29) is 6.42 Å². The van der Waals surface area contributed by atoms with Crippen LogP contribution in [-0.4, -0.2) is 16.1 Å². The number of carboxylic acid groups (broad SMARTS) is 1. The van der Waals surface area contributed by atoms with E-state index in [4.69, 9.17) is 5.11 Å². The topological polar surface area (TPSA) is 50.2 Å². The Morgan fingerprint density at radius 2 is 2.55 bits per heavy atom. The molecule has 0 saturated carbocycles. The highest BCUT2D eigenvalue weighted by molar-refractivity contribution is 7.11. The lowest BCUT2D eigenvalue weighted by Gasteiger charge is -1.88. The normalized spacial score (nSPS) is 9.91. The van der Waals surface area contributed by atoms with Gasteiger partial charge >= 0.3 is 5.97 Å². The smallest absolute Gasteiger partial charge is 0.303 e. The van der Waals surface area contributed by atoms with Crippen LogP contribution in [0.3, 0.4) is 0 Å². The third kappa shape index (κ3) is 2.67. The summed E-state index contributed by atoms with van der Waals surface area (Å²) in [6, 6.07) is 0. The number of hydrogen-bond acceptors (Lipinski definition) is 3. The lowest BCUT2D eigenvalue weighted by molar-refractivity contribution is -0.136. The highest BCUT2D eigenvalue weighted by atomic mass is 32.1. The first-order chi connectivity index (χ1) is 5.18. The molecule has 0 aliphatic rings. The van der Waals surface area contributed by atoms with Gasteiger partial charge in [-0.1, -0.05) is 0 Å². The second-order valence-electron chi connectivity index (χ2n) is 2.24. The third-order valence-electron chi connectivity index (χ3n) is 1.25.